The average molecular weight is 400 g/mol. The van der Waals surface area contributed by atoms with Gasteiger partial charge in [-0.05, 0) is 54.6 Å². The molecule has 2 aromatic heterocycles. The van der Waals surface area contributed by atoms with Crippen LogP contribution in [0.5, 0.6) is 0 Å². The summed E-state index contributed by atoms with van der Waals surface area (Å²) in [5.41, 5.74) is 5.69. The molecule has 0 spiro atoms. The van der Waals surface area contributed by atoms with Crippen molar-refractivity contribution >= 4 is 23.1 Å². The van der Waals surface area contributed by atoms with Gasteiger partial charge in [-0.3, -0.25) is 9.78 Å². The highest BCUT2D eigenvalue weighted by atomic mass is 16.1. The lowest BCUT2D eigenvalue weighted by atomic mass is 10.00. The summed E-state index contributed by atoms with van der Waals surface area (Å²) in [6.45, 7) is 4.74. The number of anilines is 3. The molecule has 3 aromatic rings. The summed E-state index contributed by atoms with van der Waals surface area (Å²) < 4.78 is 0. The van der Waals surface area contributed by atoms with Crippen LogP contribution in [0, 0.1) is 0 Å². The van der Waals surface area contributed by atoms with E-state index in [1.807, 2.05) is 30.5 Å². The van der Waals surface area contributed by atoms with Crippen LogP contribution in [-0.2, 0) is 6.54 Å². The van der Waals surface area contributed by atoms with Crippen molar-refractivity contribution in [3.63, 3.8) is 0 Å². The number of amides is 1. The normalized spacial score (nSPS) is 16.3. The Balaban J connectivity index is 1.40. The summed E-state index contributed by atoms with van der Waals surface area (Å²) in [5, 5.41) is 6.27. The summed E-state index contributed by atoms with van der Waals surface area (Å²) in [6, 6.07) is 12.2. The molecule has 7 heteroatoms. The molecule has 0 unspecified atom stereocenters. The van der Waals surface area contributed by atoms with Crippen LogP contribution in [0.25, 0.3) is 11.1 Å². The van der Waals surface area contributed by atoms with Gasteiger partial charge in [0.15, 0.2) is 0 Å². The van der Waals surface area contributed by atoms with Gasteiger partial charge in [0.05, 0.1) is 5.56 Å². The quantitative estimate of drug-likeness (QED) is 0.702. The monoisotopic (exact) mass is 400 g/mol. The molecule has 5 rings (SSSR count). The molecule has 0 atom stereocenters. The van der Waals surface area contributed by atoms with Crippen LogP contribution in [0.1, 0.15) is 15.9 Å². The fourth-order valence-electron chi connectivity index (χ4n) is 4.07. The molecule has 0 saturated carbocycles. The number of hydrogen-bond acceptors (Lipinski definition) is 6. The molecule has 2 aliphatic heterocycles. The van der Waals surface area contributed by atoms with E-state index in [4.69, 9.17) is 0 Å². The van der Waals surface area contributed by atoms with Crippen molar-refractivity contribution in [1.82, 2.24) is 20.2 Å². The van der Waals surface area contributed by atoms with Gasteiger partial charge in [0, 0.05) is 68.3 Å². The second-order valence-corrected chi connectivity index (χ2v) is 7.75. The molecule has 2 aliphatic rings. The molecular weight excluding hydrogens is 376 g/mol. The van der Waals surface area contributed by atoms with E-state index >= 15 is 0 Å². The Hall–Kier alpha value is -3.45. The van der Waals surface area contributed by atoms with Crippen LogP contribution >= 0.6 is 0 Å². The summed E-state index contributed by atoms with van der Waals surface area (Å²) in [5.74, 6) is 0.495. The predicted octanol–water partition coefficient (Wildman–Crippen LogP) is 2.88. The molecule has 1 aromatic carbocycles. The number of aromatic nitrogens is 2. The molecule has 1 saturated heterocycles. The molecule has 30 heavy (non-hydrogen) atoms. The number of pyridine rings is 2. The molecular formula is C23H24N6O. The summed E-state index contributed by atoms with van der Waals surface area (Å²) >= 11 is 0. The summed E-state index contributed by atoms with van der Waals surface area (Å²) in [7, 11) is 2.16. The Morgan fingerprint density at radius 2 is 1.73 bits per heavy atom. The maximum Gasteiger partial charge on any atom is 0.255 e. The van der Waals surface area contributed by atoms with E-state index in [0.29, 0.717) is 17.9 Å². The van der Waals surface area contributed by atoms with Gasteiger partial charge in [0.1, 0.15) is 5.82 Å². The number of hydrogen-bond donors (Lipinski definition) is 2. The maximum atomic E-state index is 12.5. The first-order valence-corrected chi connectivity index (χ1v) is 10.2. The zero-order valence-corrected chi connectivity index (χ0v) is 16.9. The Morgan fingerprint density at radius 3 is 2.47 bits per heavy atom. The molecule has 152 valence electrons. The largest absolute Gasteiger partial charge is 0.369 e. The lowest BCUT2D eigenvalue weighted by Crippen LogP contribution is -2.44. The number of nitrogens with one attached hydrogen (secondary N) is 2. The van der Waals surface area contributed by atoms with Crippen molar-refractivity contribution in [2.24, 2.45) is 0 Å². The van der Waals surface area contributed by atoms with E-state index in [9.17, 15) is 4.79 Å². The number of fused-ring (bicyclic) bond motifs is 1. The highest BCUT2D eigenvalue weighted by Crippen LogP contribution is 2.33. The van der Waals surface area contributed by atoms with E-state index in [2.05, 4.69) is 49.6 Å². The van der Waals surface area contributed by atoms with Crippen LogP contribution in [-0.4, -0.2) is 54.0 Å². The van der Waals surface area contributed by atoms with Gasteiger partial charge in [0.2, 0.25) is 0 Å². The third-order valence-corrected chi connectivity index (χ3v) is 5.83. The van der Waals surface area contributed by atoms with Crippen LogP contribution < -0.4 is 15.5 Å². The number of rotatable bonds is 4. The van der Waals surface area contributed by atoms with Crippen LogP contribution in [0.15, 0.2) is 55.0 Å². The lowest BCUT2D eigenvalue weighted by Gasteiger charge is -2.34. The maximum absolute atomic E-state index is 12.5. The number of nitrogens with zero attached hydrogens (tertiary/aromatic N) is 4. The highest BCUT2D eigenvalue weighted by Gasteiger charge is 2.27. The van der Waals surface area contributed by atoms with E-state index in [0.717, 1.165) is 48.6 Å². The molecule has 1 amide bonds. The molecule has 7 nitrogen and oxygen atoms in total. The number of piperazine rings is 1. The third-order valence-electron chi connectivity index (χ3n) is 5.83. The molecule has 0 bridgehead atoms. The van der Waals surface area contributed by atoms with Gasteiger partial charge in [0.25, 0.3) is 5.91 Å². The molecule has 1 fully saturated rings. The van der Waals surface area contributed by atoms with Gasteiger partial charge >= 0.3 is 0 Å². The van der Waals surface area contributed by atoms with Gasteiger partial charge in [-0.15, -0.1) is 0 Å². The molecule has 0 radical (unpaired) electrons. The van der Waals surface area contributed by atoms with Crippen molar-refractivity contribution < 1.29 is 4.79 Å². The zero-order valence-electron chi connectivity index (χ0n) is 16.9. The van der Waals surface area contributed by atoms with Gasteiger partial charge in [-0.2, -0.15) is 0 Å². The van der Waals surface area contributed by atoms with Crippen molar-refractivity contribution in [3.05, 3.63) is 66.1 Å². The van der Waals surface area contributed by atoms with E-state index in [1.54, 1.807) is 12.4 Å². The second-order valence-electron chi connectivity index (χ2n) is 7.75. The first-order valence-electron chi connectivity index (χ1n) is 10.2. The van der Waals surface area contributed by atoms with E-state index in [1.165, 1.54) is 5.69 Å². The van der Waals surface area contributed by atoms with Crippen molar-refractivity contribution in [1.29, 1.82) is 0 Å². The van der Waals surface area contributed by atoms with Crippen molar-refractivity contribution in [2.45, 2.75) is 6.54 Å². The average Bonchev–Trinajstić information content (AvgIpc) is 3.18. The van der Waals surface area contributed by atoms with Gasteiger partial charge in [-0.25, -0.2) is 4.98 Å². The summed E-state index contributed by atoms with van der Waals surface area (Å²) in [4.78, 5) is 25.9. The minimum Gasteiger partial charge on any atom is -0.369 e. The number of carbonyl (C=O) groups excluding carboxylic acids is 1. The molecule has 2 N–H and O–H groups in total. The second kappa shape index (κ2) is 7.76. The van der Waals surface area contributed by atoms with Gasteiger partial charge in [-0.1, -0.05) is 0 Å². The fourth-order valence-corrected chi connectivity index (χ4v) is 4.07. The van der Waals surface area contributed by atoms with Crippen LogP contribution in [0.3, 0.4) is 0 Å². The van der Waals surface area contributed by atoms with E-state index < -0.39 is 0 Å². The number of likely N-dealkylation sites (N-methyl/N-ethyl adjacent to an activating group) is 1. The topological polar surface area (TPSA) is 73.4 Å². The standard InChI is InChI=1S/C23H24N6O/c1-28-10-12-29(13-11-28)18-4-2-17(3-5-18)27-22-21-20(15-26-23(21)30)19(14-25-22)16-6-8-24-9-7-16/h2-9,14H,10-13,15H2,1H3,(H,25,27)(H,26,30). The first-order chi connectivity index (χ1) is 14.7. The Kier molecular flexibility index (Phi) is 4.80. The van der Waals surface area contributed by atoms with Crippen molar-refractivity contribution in [2.75, 3.05) is 43.4 Å². The smallest absolute Gasteiger partial charge is 0.255 e. The van der Waals surface area contributed by atoms with Gasteiger partial charge < -0.3 is 20.4 Å². The summed E-state index contributed by atoms with van der Waals surface area (Å²) in [6.07, 6.45) is 5.33. The Bertz CT molecular complexity index is 1060. The molecule has 0 aliphatic carbocycles. The van der Waals surface area contributed by atoms with E-state index in [-0.39, 0.29) is 5.91 Å². The fraction of sp³-hybridized carbons (Fsp3) is 0.261. The lowest BCUT2D eigenvalue weighted by molar-refractivity contribution is 0.0966. The molecule has 4 heterocycles. The first kappa shape index (κ1) is 18.6. The SMILES string of the molecule is CN1CCN(c2ccc(Nc3ncc(-c4ccncc4)c4c3C(=O)NC4)cc2)CC1. The Labute approximate surface area is 175 Å². The minimum atomic E-state index is -0.0926. The Morgan fingerprint density at radius 1 is 1.00 bits per heavy atom. The third kappa shape index (κ3) is 3.48. The highest BCUT2D eigenvalue weighted by molar-refractivity contribution is 6.05. The van der Waals surface area contributed by atoms with Crippen LogP contribution in [0.2, 0.25) is 0 Å². The number of benzene rings is 1. The van der Waals surface area contributed by atoms with Crippen molar-refractivity contribution in [3.8, 4) is 11.1 Å². The van der Waals surface area contributed by atoms with Crippen LogP contribution in [0.4, 0.5) is 17.2 Å². The predicted molar refractivity (Wildman–Crippen MR) is 118 cm³/mol. The number of carbonyl (C=O) groups is 1. The zero-order chi connectivity index (χ0) is 20.5. The minimum absolute atomic E-state index is 0.0926.